The molecular formula is C9H13BrN2NaO15P3. The number of hydrogen-bond donors (Lipinski definition) is 6. The van der Waals surface area contributed by atoms with Gasteiger partial charge in [0, 0.05) is 6.20 Å². The van der Waals surface area contributed by atoms with Gasteiger partial charge in [0.15, 0.2) is 6.23 Å². The molecule has 0 saturated carbocycles. The van der Waals surface area contributed by atoms with Crippen LogP contribution >= 0.6 is 39.4 Å². The van der Waals surface area contributed by atoms with Crippen LogP contribution in [0.4, 0.5) is 0 Å². The van der Waals surface area contributed by atoms with Crippen molar-refractivity contribution < 1.29 is 90.9 Å². The zero-order valence-electron chi connectivity index (χ0n) is 15.1. The maximum atomic E-state index is 11.9. The van der Waals surface area contributed by atoms with Crippen molar-refractivity contribution in [3.63, 3.8) is 0 Å². The van der Waals surface area contributed by atoms with Gasteiger partial charge in [0.05, 0.1) is 11.1 Å². The average molecular weight is 585 g/mol. The average Bonchev–Trinajstić information content (AvgIpc) is 2.81. The third-order valence-electron chi connectivity index (χ3n) is 3.35. The normalized spacial score (nSPS) is 29.4. The van der Waals surface area contributed by atoms with Gasteiger partial charge in [-0.15, -0.1) is 0 Å². The van der Waals surface area contributed by atoms with Gasteiger partial charge in [-0.25, -0.2) is 18.2 Å². The molecule has 31 heavy (non-hydrogen) atoms. The minimum absolute atomic E-state index is 0. The molecule has 0 amide bonds. The fourth-order valence-electron chi connectivity index (χ4n) is 2.21. The zero-order chi connectivity index (χ0) is 23.1. The summed E-state index contributed by atoms with van der Waals surface area (Å²) in [4.78, 5) is 62.3. The van der Waals surface area contributed by atoms with Crippen molar-refractivity contribution in [2.45, 2.75) is 24.5 Å². The molecule has 2 heterocycles. The molecule has 0 bridgehead atoms. The van der Waals surface area contributed by atoms with Crippen molar-refractivity contribution in [2.24, 2.45) is 0 Å². The van der Waals surface area contributed by atoms with Crippen molar-refractivity contribution in [1.82, 2.24) is 9.55 Å². The first-order valence-electron chi connectivity index (χ1n) is 7.30. The molecule has 22 heteroatoms. The van der Waals surface area contributed by atoms with E-state index in [1.807, 2.05) is 4.98 Å². The first kappa shape index (κ1) is 29.5. The number of phosphoric ester groups is 1. The number of H-pyrrole nitrogens is 1. The van der Waals surface area contributed by atoms with E-state index >= 15 is 0 Å². The van der Waals surface area contributed by atoms with E-state index in [0.717, 1.165) is 6.20 Å². The molecule has 1 aromatic rings. The summed E-state index contributed by atoms with van der Waals surface area (Å²) in [5.74, 6) is 0. The van der Waals surface area contributed by atoms with Crippen molar-refractivity contribution in [3.05, 3.63) is 31.5 Å². The number of aliphatic hydroxyl groups is 2. The van der Waals surface area contributed by atoms with Crippen molar-refractivity contribution in [2.75, 3.05) is 6.61 Å². The van der Waals surface area contributed by atoms with Crippen LogP contribution < -0.4 is 45.7 Å². The molecule has 6 N–H and O–H groups in total. The standard InChI is InChI=1S/C9H14BrN2O15P3.Na/c10-3-1-12(9(16)11-7(3)15)8-6(14)5(13)4(25-8)2-24-29(20,21)27-30(22,23)26-28(17,18)19;/h1,4-6,8,13-14H,2H2,(H,20,21)(H,22,23)(H,11,15,16)(H2,17,18,19);/q;+1/p-1/t4-,5-,6-,8-;/m1./s1. The molecule has 0 aromatic carbocycles. The maximum absolute atomic E-state index is 11.9. The van der Waals surface area contributed by atoms with E-state index in [2.05, 4.69) is 29.1 Å². The second kappa shape index (κ2) is 10.8. The number of nitrogens with zero attached hydrogens (tertiary/aromatic N) is 1. The first-order chi connectivity index (χ1) is 13.5. The molecule has 1 aliphatic rings. The summed E-state index contributed by atoms with van der Waals surface area (Å²) >= 11 is 2.85. The first-order valence-corrected chi connectivity index (χ1v) is 12.6. The number of nitrogens with one attached hydrogen (secondary N) is 1. The van der Waals surface area contributed by atoms with Crippen LogP contribution in [0.15, 0.2) is 20.3 Å². The molecule has 0 radical (unpaired) electrons. The number of halogens is 1. The number of ether oxygens (including phenoxy) is 1. The van der Waals surface area contributed by atoms with Gasteiger partial charge in [-0.1, -0.05) is 0 Å². The van der Waals surface area contributed by atoms with Crippen LogP contribution in [0.3, 0.4) is 0 Å². The Morgan fingerprint density at radius 1 is 1.13 bits per heavy atom. The predicted molar refractivity (Wildman–Crippen MR) is 92.5 cm³/mol. The molecule has 7 atom stereocenters. The van der Waals surface area contributed by atoms with Gasteiger partial charge in [-0.05, 0) is 15.9 Å². The second-order valence-corrected chi connectivity index (χ2v) is 10.8. The summed E-state index contributed by atoms with van der Waals surface area (Å²) in [6, 6.07) is 0. The summed E-state index contributed by atoms with van der Waals surface area (Å²) < 4.78 is 50.2. The Labute approximate surface area is 201 Å². The topological polar surface area (TPSA) is 267 Å². The fourth-order valence-corrected chi connectivity index (χ4v) is 5.53. The molecule has 0 spiro atoms. The molecule has 1 aliphatic heterocycles. The van der Waals surface area contributed by atoms with Crippen LogP contribution in [0.2, 0.25) is 0 Å². The van der Waals surface area contributed by atoms with Crippen LogP contribution in [-0.2, 0) is 31.6 Å². The zero-order valence-corrected chi connectivity index (χ0v) is 21.3. The number of aliphatic hydroxyl groups excluding tert-OH is 2. The van der Waals surface area contributed by atoms with Gasteiger partial charge in [-0.2, -0.15) is 4.31 Å². The van der Waals surface area contributed by atoms with Gasteiger partial charge in [0.1, 0.15) is 18.3 Å². The Hall–Kier alpha value is 0.450. The molecule has 17 nitrogen and oxygen atoms in total. The van der Waals surface area contributed by atoms with Crippen LogP contribution in [0, 0.1) is 0 Å². The number of rotatable bonds is 8. The third kappa shape index (κ3) is 8.31. The molecule has 1 saturated heterocycles. The van der Waals surface area contributed by atoms with E-state index in [4.69, 9.17) is 14.5 Å². The minimum atomic E-state index is -5.82. The minimum Gasteiger partial charge on any atom is -0.756 e. The predicted octanol–water partition coefficient (Wildman–Crippen LogP) is -5.37. The largest absolute Gasteiger partial charge is 1.00 e. The molecule has 3 unspecified atom stereocenters. The Morgan fingerprint density at radius 2 is 1.71 bits per heavy atom. The van der Waals surface area contributed by atoms with Gasteiger partial charge in [-0.3, -0.25) is 23.4 Å². The summed E-state index contributed by atoms with van der Waals surface area (Å²) in [5, 5.41) is 20.0. The van der Waals surface area contributed by atoms with E-state index < -0.39 is 65.9 Å². The van der Waals surface area contributed by atoms with Crippen LogP contribution in [0.25, 0.3) is 0 Å². The Kier molecular flexibility index (Phi) is 10.3. The third-order valence-corrected chi connectivity index (χ3v) is 7.69. The molecular weight excluding hydrogens is 572 g/mol. The summed E-state index contributed by atoms with van der Waals surface area (Å²) in [6.07, 6.45) is -5.85. The molecule has 172 valence electrons. The van der Waals surface area contributed by atoms with Crippen LogP contribution in [0.5, 0.6) is 0 Å². The number of hydrogen-bond acceptors (Lipinski definition) is 12. The monoisotopic (exact) mass is 584 g/mol. The van der Waals surface area contributed by atoms with Crippen LogP contribution in [-0.4, -0.2) is 59.4 Å². The summed E-state index contributed by atoms with van der Waals surface area (Å²) in [5.41, 5.74) is -1.81. The molecule has 2 rings (SSSR count). The van der Waals surface area contributed by atoms with Gasteiger partial charge < -0.3 is 34.5 Å². The smallest absolute Gasteiger partial charge is 0.756 e. The van der Waals surface area contributed by atoms with Gasteiger partial charge >= 0.3 is 50.9 Å². The quantitative estimate of drug-likeness (QED) is 0.123. The summed E-state index contributed by atoms with van der Waals surface area (Å²) in [7, 11) is -17.1. The Bertz CT molecular complexity index is 1050. The summed E-state index contributed by atoms with van der Waals surface area (Å²) in [6.45, 7) is -1.07. The van der Waals surface area contributed by atoms with E-state index in [-0.39, 0.29) is 34.0 Å². The van der Waals surface area contributed by atoms with E-state index in [9.17, 15) is 43.3 Å². The Morgan fingerprint density at radius 3 is 2.26 bits per heavy atom. The number of aromatic nitrogens is 2. The van der Waals surface area contributed by atoms with E-state index in [1.54, 1.807) is 0 Å². The van der Waals surface area contributed by atoms with Gasteiger partial charge in [0.2, 0.25) is 0 Å². The SMILES string of the molecule is O=c1[nH]c(=O)n([C@@H]2O[C@H](COP(=O)(O)OP(=O)(O)OP(=O)([O-])O)[C@@H](O)[C@H]2O)cc1Br.[Na+]. The molecule has 1 fully saturated rings. The number of phosphoric acid groups is 3. The van der Waals surface area contributed by atoms with E-state index in [1.165, 1.54) is 0 Å². The fraction of sp³-hybridized carbons (Fsp3) is 0.556. The number of aromatic amines is 1. The van der Waals surface area contributed by atoms with Gasteiger partial charge in [0.25, 0.3) is 13.4 Å². The van der Waals surface area contributed by atoms with Crippen molar-refractivity contribution >= 4 is 39.4 Å². The van der Waals surface area contributed by atoms with Crippen LogP contribution in [0.1, 0.15) is 6.23 Å². The molecule has 1 aromatic heterocycles. The maximum Gasteiger partial charge on any atom is 1.00 e. The van der Waals surface area contributed by atoms with E-state index in [0.29, 0.717) is 4.57 Å². The Balaban J connectivity index is 0.00000480. The molecule has 0 aliphatic carbocycles. The second-order valence-electron chi connectivity index (χ2n) is 5.55. The van der Waals surface area contributed by atoms with Crippen molar-refractivity contribution in [3.8, 4) is 0 Å². The van der Waals surface area contributed by atoms with Crippen molar-refractivity contribution in [1.29, 1.82) is 0 Å².